The topological polar surface area (TPSA) is 114 Å². The van der Waals surface area contributed by atoms with E-state index in [1.54, 1.807) is 26.0 Å². The van der Waals surface area contributed by atoms with E-state index in [-0.39, 0.29) is 23.7 Å². The van der Waals surface area contributed by atoms with Crippen LogP contribution in [-0.4, -0.2) is 41.0 Å². The van der Waals surface area contributed by atoms with Gasteiger partial charge in [-0.1, -0.05) is 17.8 Å². The van der Waals surface area contributed by atoms with Crippen LogP contribution in [0.5, 0.6) is 11.5 Å². The van der Waals surface area contributed by atoms with Crippen LogP contribution in [0.25, 0.3) is 0 Å². The highest BCUT2D eigenvalue weighted by Crippen LogP contribution is 2.42. The smallest absolute Gasteiger partial charge is 0.336 e. The van der Waals surface area contributed by atoms with E-state index in [4.69, 9.17) is 9.47 Å². The summed E-state index contributed by atoms with van der Waals surface area (Å²) in [5.41, 5.74) is 1.41. The quantitative estimate of drug-likeness (QED) is 0.397. The molecule has 3 N–H and O–H groups in total. The number of benzene rings is 1. The van der Waals surface area contributed by atoms with Crippen molar-refractivity contribution >= 4 is 23.5 Å². The molecule has 1 aromatic carbocycles. The lowest BCUT2D eigenvalue weighted by atomic mass is 9.82. The number of hydrogen-bond acceptors (Lipinski definition) is 8. The number of anilines is 1. The van der Waals surface area contributed by atoms with Gasteiger partial charge >= 0.3 is 5.97 Å². The van der Waals surface area contributed by atoms with Crippen molar-refractivity contribution in [3.63, 3.8) is 0 Å². The maximum absolute atomic E-state index is 12.9. The van der Waals surface area contributed by atoms with Crippen LogP contribution in [-0.2, 0) is 9.53 Å². The summed E-state index contributed by atoms with van der Waals surface area (Å²) in [5, 5.41) is 13.5. The predicted octanol–water partition coefficient (Wildman–Crippen LogP) is 2.60. The Labute approximate surface area is 166 Å². The fraction of sp³-hybridized carbons (Fsp3) is 0.316. The first-order valence-electron chi connectivity index (χ1n) is 8.61. The minimum Gasteiger partial charge on any atom is -0.504 e. The molecule has 1 aliphatic heterocycles. The van der Waals surface area contributed by atoms with Crippen LogP contribution in [0.2, 0.25) is 0 Å². The van der Waals surface area contributed by atoms with E-state index in [0.29, 0.717) is 33.4 Å². The zero-order valence-electron chi connectivity index (χ0n) is 16.0. The van der Waals surface area contributed by atoms with Crippen molar-refractivity contribution in [3.8, 4) is 11.5 Å². The number of phenols is 1. The maximum Gasteiger partial charge on any atom is 0.336 e. The number of aromatic hydroxyl groups is 1. The van der Waals surface area contributed by atoms with E-state index in [1.165, 1.54) is 24.9 Å². The Morgan fingerprint density at radius 3 is 2.79 bits per heavy atom. The lowest BCUT2D eigenvalue weighted by molar-refractivity contribution is -0.138. The molecule has 0 saturated heterocycles. The zero-order chi connectivity index (χ0) is 20.4. The Bertz CT molecular complexity index is 1020. The standard InChI is InChI=1S/C19H21N3O5S/c1-5-27-18(25)13-9(2)20-16-15(17(24)22-19(21-16)28-4)14(13)10-6-7-11(23)12(8-10)26-3/h6-8,14,23H,5H2,1-4H3,(H2,20,21,22,24). The molecule has 148 valence electrons. The molecule has 1 aromatic heterocycles. The lowest BCUT2D eigenvalue weighted by Gasteiger charge is -2.29. The van der Waals surface area contributed by atoms with E-state index in [1.807, 2.05) is 6.26 Å². The summed E-state index contributed by atoms with van der Waals surface area (Å²) in [6.45, 7) is 3.66. The number of hydrogen-bond donors (Lipinski definition) is 3. The number of nitrogens with one attached hydrogen (secondary N) is 2. The first-order valence-corrected chi connectivity index (χ1v) is 9.83. The van der Waals surface area contributed by atoms with Crippen LogP contribution in [0.4, 0.5) is 5.82 Å². The number of rotatable bonds is 5. The van der Waals surface area contributed by atoms with Gasteiger partial charge in [-0.05, 0) is 37.8 Å². The van der Waals surface area contributed by atoms with Gasteiger partial charge in [-0.25, -0.2) is 9.78 Å². The predicted molar refractivity (Wildman–Crippen MR) is 106 cm³/mol. The summed E-state index contributed by atoms with van der Waals surface area (Å²) in [5.74, 6) is -0.664. The molecular weight excluding hydrogens is 382 g/mol. The highest BCUT2D eigenvalue weighted by atomic mass is 32.2. The second kappa shape index (κ2) is 7.97. The van der Waals surface area contributed by atoms with Crippen LogP contribution in [0.15, 0.2) is 39.4 Å². The Balaban J connectivity index is 2.28. The number of nitrogens with zero attached hydrogens (tertiary/aromatic N) is 1. The first kappa shape index (κ1) is 19.8. The minimum absolute atomic E-state index is 0.0384. The van der Waals surface area contributed by atoms with Gasteiger partial charge in [-0.15, -0.1) is 0 Å². The molecule has 0 radical (unpaired) electrons. The van der Waals surface area contributed by atoms with Crippen LogP contribution in [0, 0.1) is 0 Å². The molecule has 0 fully saturated rings. The summed E-state index contributed by atoms with van der Waals surface area (Å²) in [4.78, 5) is 32.8. The number of carbonyl (C=O) groups excluding carboxylic acids is 1. The number of H-pyrrole nitrogens is 1. The molecule has 1 atom stereocenters. The van der Waals surface area contributed by atoms with Crippen LogP contribution < -0.4 is 15.6 Å². The molecule has 1 aliphatic rings. The van der Waals surface area contributed by atoms with Crippen molar-refractivity contribution < 1.29 is 19.4 Å². The average Bonchev–Trinajstić information content (AvgIpc) is 2.67. The van der Waals surface area contributed by atoms with E-state index < -0.39 is 11.9 Å². The first-order chi connectivity index (χ1) is 13.4. The normalized spacial score (nSPS) is 15.6. The third-order valence-corrected chi connectivity index (χ3v) is 5.03. The van der Waals surface area contributed by atoms with E-state index >= 15 is 0 Å². The molecule has 9 heteroatoms. The zero-order valence-corrected chi connectivity index (χ0v) is 16.8. The number of thioether (sulfide) groups is 1. The van der Waals surface area contributed by atoms with Gasteiger partial charge in [0, 0.05) is 5.70 Å². The fourth-order valence-corrected chi connectivity index (χ4v) is 3.59. The summed E-state index contributed by atoms with van der Waals surface area (Å²) in [6, 6.07) is 4.71. The van der Waals surface area contributed by atoms with Gasteiger partial charge in [0.05, 0.1) is 30.8 Å². The van der Waals surface area contributed by atoms with Crippen molar-refractivity contribution in [1.82, 2.24) is 9.97 Å². The third-order valence-electron chi connectivity index (χ3n) is 4.45. The van der Waals surface area contributed by atoms with Crippen LogP contribution in [0.1, 0.15) is 30.9 Å². The van der Waals surface area contributed by atoms with Crippen LogP contribution in [0.3, 0.4) is 0 Å². The molecule has 0 bridgehead atoms. The van der Waals surface area contributed by atoms with Crippen molar-refractivity contribution in [1.29, 1.82) is 0 Å². The number of allylic oxidation sites excluding steroid dienone is 1. The minimum atomic E-state index is -0.725. The molecule has 0 spiro atoms. The molecule has 3 rings (SSSR count). The highest BCUT2D eigenvalue weighted by Gasteiger charge is 2.36. The Hall–Kier alpha value is -2.94. The number of aromatic nitrogens is 2. The van der Waals surface area contributed by atoms with Gasteiger partial charge in [0.1, 0.15) is 5.82 Å². The number of aromatic amines is 1. The third kappa shape index (κ3) is 3.45. The number of methoxy groups -OCH3 is 1. The van der Waals surface area contributed by atoms with Crippen LogP contribution >= 0.6 is 11.8 Å². The Morgan fingerprint density at radius 2 is 2.14 bits per heavy atom. The van der Waals surface area contributed by atoms with Crippen molar-refractivity contribution in [2.24, 2.45) is 0 Å². The average molecular weight is 403 g/mol. The van der Waals surface area contributed by atoms with Gasteiger partial charge in [0.2, 0.25) is 0 Å². The lowest BCUT2D eigenvalue weighted by Crippen LogP contribution is -2.31. The molecule has 0 saturated carbocycles. The molecular formula is C19H21N3O5S. The SMILES string of the molecule is CCOC(=O)C1=C(C)Nc2nc(SC)[nH]c(=O)c2C1c1ccc(O)c(OC)c1. The van der Waals surface area contributed by atoms with Gasteiger partial charge in [-0.2, -0.15) is 0 Å². The summed E-state index contributed by atoms with van der Waals surface area (Å²) < 4.78 is 10.4. The molecule has 1 unspecified atom stereocenters. The van der Waals surface area contributed by atoms with Gasteiger partial charge < -0.3 is 24.9 Å². The number of carbonyl (C=O) groups is 1. The van der Waals surface area contributed by atoms with E-state index in [0.717, 1.165) is 0 Å². The van der Waals surface area contributed by atoms with E-state index in [9.17, 15) is 14.7 Å². The second-order valence-electron chi connectivity index (χ2n) is 6.09. The number of esters is 1. The number of fused-ring (bicyclic) bond motifs is 1. The molecule has 0 aliphatic carbocycles. The Kier molecular flexibility index (Phi) is 5.64. The second-order valence-corrected chi connectivity index (χ2v) is 6.88. The molecule has 8 nitrogen and oxygen atoms in total. The maximum atomic E-state index is 12.9. The monoisotopic (exact) mass is 403 g/mol. The number of ether oxygens (including phenoxy) is 2. The van der Waals surface area contributed by atoms with Gasteiger partial charge in [-0.3, -0.25) is 4.79 Å². The largest absolute Gasteiger partial charge is 0.504 e. The van der Waals surface area contributed by atoms with Crippen molar-refractivity contribution in [2.45, 2.75) is 24.9 Å². The molecule has 0 amide bonds. The Morgan fingerprint density at radius 1 is 1.39 bits per heavy atom. The van der Waals surface area contributed by atoms with E-state index in [2.05, 4.69) is 15.3 Å². The fourth-order valence-electron chi connectivity index (χ4n) is 3.21. The highest BCUT2D eigenvalue weighted by molar-refractivity contribution is 7.98. The summed E-state index contributed by atoms with van der Waals surface area (Å²) >= 11 is 1.31. The van der Waals surface area contributed by atoms with Gasteiger partial charge in [0.15, 0.2) is 16.7 Å². The molecule has 2 heterocycles. The van der Waals surface area contributed by atoms with Crippen molar-refractivity contribution in [3.05, 3.63) is 50.9 Å². The van der Waals surface area contributed by atoms with Gasteiger partial charge in [0.25, 0.3) is 5.56 Å². The summed E-state index contributed by atoms with van der Waals surface area (Å²) in [7, 11) is 1.43. The molecule has 2 aromatic rings. The van der Waals surface area contributed by atoms with Crippen molar-refractivity contribution in [2.75, 3.05) is 25.3 Å². The molecule has 28 heavy (non-hydrogen) atoms. The number of phenolic OH excluding ortho intramolecular Hbond substituents is 1. The summed E-state index contributed by atoms with van der Waals surface area (Å²) in [6.07, 6.45) is 1.81.